The van der Waals surface area contributed by atoms with E-state index in [-0.39, 0.29) is 23.6 Å². The van der Waals surface area contributed by atoms with E-state index in [0.29, 0.717) is 14.9 Å². The number of allylic oxidation sites excluding steroid dienone is 1. The lowest BCUT2D eigenvalue weighted by atomic mass is 9.83. The number of rotatable bonds is 6. The third-order valence-electron chi connectivity index (χ3n) is 4.87. The largest absolute Gasteiger partial charge is 0.457 e. The van der Waals surface area contributed by atoms with Crippen LogP contribution in [0.3, 0.4) is 0 Å². The maximum absolute atomic E-state index is 12.4. The number of ether oxygens (including phenoxy) is 1. The lowest BCUT2D eigenvalue weighted by Crippen LogP contribution is -2.25. The van der Waals surface area contributed by atoms with Crippen LogP contribution in [0.5, 0.6) is 0 Å². The molecule has 29 heavy (non-hydrogen) atoms. The molecule has 0 saturated heterocycles. The molecule has 0 N–H and O–H groups in total. The van der Waals surface area contributed by atoms with Crippen molar-refractivity contribution >= 4 is 52.4 Å². The number of hydrogen-bond donors (Lipinski definition) is 0. The lowest BCUT2D eigenvalue weighted by Gasteiger charge is -2.23. The van der Waals surface area contributed by atoms with Crippen molar-refractivity contribution in [3.05, 3.63) is 69.8 Å². The van der Waals surface area contributed by atoms with Crippen molar-refractivity contribution in [1.82, 2.24) is 0 Å². The SMILES string of the molecule is CN1/C(=C/C(=O)COC(=O)CSc2c(Cl)cccc2Cl)C(C)(C)c2ccccc21. The molecule has 0 spiro atoms. The van der Waals surface area contributed by atoms with Gasteiger partial charge >= 0.3 is 5.97 Å². The van der Waals surface area contributed by atoms with E-state index in [2.05, 4.69) is 19.9 Å². The number of nitrogens with zero attached hydrogens (tertiary/aromatic N) is 1. The molecule has 0 amide bonds. The van der Waals surface area contributed by atoms with Crippen LogP contribution in [0.15, 0.2) is 59.1 Å². The third-order valence-corrected chi connectivity index (χ3v) is 6.83. The summed E-state index contributed by atoms with van der Waals surface area (Å²) in [6.45, 7) is 3.84. The topological polar surface area (TPSA) is 46.6 Å². The second kappa shape index (κ2) is 8.82. The highest BCUT2D eigenvalue weighted by Crippen LogP contribution is 2.46. The van der Waals surface area contributed by atoms with Gasteiger partial charge in [-0.2, -0.15) is 0 Å². The van der Waals surface area contributed by atoms with E-state index in [9.17, 15) is 9.59 Å². The zero-order valence-electron chi connectivity index (χ0n) is 16.4. The van der Waals surface area contributed by atoms with Crippen molar-refractivity contribution in [2.75, 3.05) is 24.3 Å². The van der Waals surface area contributed by atoms with E-state index in [1.54, 1.807) is 24.3 Å². The van der Waals surface area contributed by atoms with E-state index in [0.717, 1.165) is 16.9 Å². The summed E-state index contributed by atoms with van der Waals surface area (Å²) in [5.74, 6) is -0.744. The minimum atomic E-state index is -0.500. The number of benzene rings is 2. The van der Waals surface area contributed by atoms with E-state index in [4.69, 9.17) is 27.9 Å². The maximum Gasteiger partial charge on any atom is 0.316 e. The molecule has 0 aromatic heterocycles. The summed E-state index contributed by atoms with van der Waals surface area (Å²) in [5, 5.41) is 0.948. The zero-order valence-corrected chi connectivity index (χ0v) is 18.7. The molecule has 4 nitrogen and oxygen atoms in total. The Balaban J connectivity index is 1.59. The van der Waals surface area contributed by atoms with E-state index in [1.165, 1.54) is 11.8 Å². The Morgan fingerprint density at radius 1 is 1.10 bits per heavy atom. The van der Waals surface area contributed by atoms with Crippen LogP contribution >= 0.6 is 35.0 Å². The number of ketones is 1. The Bertz CT molecular complexity index is 968. The molecule has 0 aliphatic carbocycles. The van der Waals surface area contributed by atoms with E-state index < -0.39 is 5.97 Å². The standard InChI is InChI=1S/C22H21Cl2NO3S/c1-22(2)15-7-4-5-10-18(15)25(3)19(22)11-14(26)12-28-20(27)13-29-21-16(23)8-6-9-17(21)24/h4-11H,12-13H2,1-3H3/b19-11+. The molecule has 0 radical (unpaired) electrons. The Morgan fingerprint density at radius 3 is 2.41 bits per heavy atom. The van der Waals surface area contributed by atoms with Crippen LogP contribution in [0.1, 0.15) is 19.4 Å². The zero-order chi connectivity index (χ0) is 21.2. The third kappa shape index (κ3) is 4.63. The number of halogens is 2. The fraction of sp³-hybridized carbons (Fsp3) is 0.273. The molecular formula is C22H21Cl2NO3S. The Morgan fingerprint density at radius 2 is 1.76 bits per heavy atom. The van der Waals surface area contributed by atoms with Gasteiger partial charge in [0.15, 0.2) is 12.4 Å². The van der Waals surface area contributed by atoms with Crippen molar-refractivity contribution in [1.29, 1.82) is 0 Å². The average molecular weight is 450 g/mol. The molecule has 1 aliphatic heterocycles. The number of esters is 1. The van der Waals surface area contributed by atoms with Crippen LogP contribution in [0, 0.1) is 0 Å². The van der Waals surface area contributed by atoms with E-state index >= 15 is 0 Å². The van der Waals surface area contributed by atoms with Gasteiger partial charge in [-0.05, 0) is 23.8 Å². The summed E-state index contributed by atoms with van der Waals surface area (Å²) in [6.07, 6.45) is 1.56. The Labute approximate surface area is 184 Å². The Hall–Kier alpha value is -1.95. The number of hydrogen-bond acceptors (Lipinski definition) is 5. The normalized spacial score (nSPS) is 16.0. The number of fused-ring (bicyclic) bond motifs is 1. The van der Waals surface area contributed by atoms with Gasteiger partial charge in [-0.1, -0.05) is 61.3 Å². The number of carbonyl (C=O) groups is 2. The van der Waals surface area contributed by atoms with Crippen molar-refractivity contribution < 1.29 is 14.3 Å². The maximum atomic E-state index is 12.4. The fourth-order valence-corrected chi connectivity index (χ4v) is 4.88. The van der Waals surface area contributed by atoms with Crippen LogP contribution in [0.4, 0.5) is 5.69 Å². The van der Waals surface area contributed by atoms with Crippen LogP contribution in [0.2, 0.25) is 10.0 Å². The van der Waals surface area contributed by atoms with Crippen molar-refractivity contribution in [3.63, 3.8) is 0 Å². The van der Waals surface area contributed by atoms with Crippen LogP contribution in [-0.2, 0) is 19.7 Å². The first kappa shape index (κ1) is 21.8. The number of likely N-dealkylation sites (N-methyl/N-ethyl adjacent to an activating group) is 1. The van der Waals surface area contributed by atoms with Gasteiger partial charge in [-0.15, -0.1) is 11.8 Å². The second-order valence-corrected chi connectivity index (χ2v) is 9.00. The van der Waals surface area contributed by atoms with Gasteiger partial charge < -0.3 is 9.64 Å². The van der Waals surface area contributed by atoms with Gasteiger partial charge in [-0.3, -0.25) is 9.59 Å². The quantitative estimate of drug-likeness (QED) is 0.330. The summed E-state index contributed by atoms with van der Waals surface area (Å²) < 4.78 is 5.14. The summed E-state index contributed by atoms with van der Waals surface area (Å²) in [4.78, 5) is 27.1. The summed E-state index contributed by atoms with van der Waals surface area (Å²) >= 11 is 13.4. The van der Waals surface area contributed by atoms with Gasteiger partial charge in [0.25, 0.3) is 0 Å². The minimum Gasteiger partial charge on any atom is -0.457 e. The predicted octanol–water partition coefficient (Wildman–Crippen LogP) is 5.51. The van der Waals surface area contributed by atoms with Crippen LogP contribution in [-0.4, -0.2) is 31.2 Å². The molecule has 0 bridgehead atoms. The van der Waals surface area contributed by atoms with Crippen LogP contribution < -0.4 is 4.90 Å². The van der Waals surface area contributed by atoms with E-state index in [1.807, 2.05) is 30.1 Å². The molecule has 1 heterocycles. The van der Waals surface area contributed by atoms with Crippen molar-refractivity contribution in [3.8, 4) is 0 Å². The molecule has 152 valence electrons. The van der Waals surface area contributed by atoms with Gasteiger partial charge in [0.05, 0.1) is 15.8 Å². The molecule has 0 unspecified atom stereocenters. The lowest BCUT2D eigenvalue weighted by molar-refractivity contribution is -0.144. The molecular weight excluding hydrogens is 429 g/mol. The molecule has 0 atom stereocenters. The highest BCUT2D eigenvalue weighted by Gasteiger charge is 2.38. The van der Waals surface area contributed by atoms with Gasteiger partial charge in [0.1, 0.15) is 0 Å². The summed E-state index contributed by atoms with van der Waals surface area (Å²) in [6, 6.07) is 13.2. The van der Waals surface area contributed by atoms with Gasteiger partial charge in [-0.25, -0.2) is 0 Å². The smallest absolute Gasteiger partial charge is 0.316 e. The molecule has 0 saturated carbocycles. The highest BCUT2D eigenvalue weighted by molar-refractivity contribution is 8.00. The molecule has 7 heteroatoms. The first-order chi connectivity index (χ1) is 13.7. The predicted molar refractivity (Wildman–Crippen MR) is 119 cm³/mol. The first-order valence-electron chi connectivity index (χ1n) is 9.02. The van der Waals surface area contributed by atoms with Gasteiger partial charge in [0.2, 0.25) is 0 Å². The molecule has 0 fully saturated rings. The monoisotopic (exact) mass is 449 g/mol. The summed E-state index contributed by atoms with van der Waals surface area (Å²) in [7, 11) is 1.93. The van der Waals surface area contributed by atoms with Gasteiger partial charge in [0, 0.05) is 34.8 Å². The van der Waals surface area contributed by atoms with Crippen molar-refractivity contribution in [2.45, 2.75) is 24.2 Å². The Kier molecular flexibility index (Phi) is 6.62. The number of carbonyl (C=O) groups excluding carboxylic acids is 2. The number of anilines is 1. The molecule has 1 aliphatic rings. The average Bonchev–Trinajstić information content (AvgIpc) is 2.87. The summed E-state index contributed by atoms with van der Waals surface area (Å²) in [5.41, 5.74) is 2.80. The highest BCUT2D eigenvalue weighted by atomic mass is 35.5. The molecule has 3 rings (SSSR count). The second-order valence-electron chi connectivity index (χ2n) is 7.20. The molecule has 2 aromatic carbocycles. The number of thioether (sulfide) groups is 1. The number of para-hydroxylation sites is 1. The van der Waals surface area contributed by atoms with Crippen LogP contribution in [0.25, 0.3) is 0 Å². The minimum absolute atomic E-state index is 0.0180. The fourth-order valence-electron chi connectivity index (χ4n) is 3.40. The van der Waals surface area contributed by atoms with Crippen molar-refractivity contribution in [2.24, 2.45) is 0 Å². The first-order valence-corrected chi connectivity index (χ1v) is 10.8. The molecule has 2 aromatic rings.